The Hall–Kier alpha value is 0.200. The van der Waals surface area contributed by atoms with E-state index in [-0.39, 0.29) is 17.7 Å². The number of nitrogens with one attached hydrogen (secondary N) is 1. The van der Waals surface area contributed by atoms with Gasteiger partial charge < -0.3 is 0 Å². The maximum Gasteiger partial charge on any atom is 0.213 e. The van der Waals surface area contributed by atoms with Crippen molar-refractivity contribution < 1.29 is 8.42 Å². The van der Waals surface area contributed by atoms with Crippen LogP contribution in [0.1, 0.15) is 39.5 Å². The van der Waals surface area contributed by atoms with Crippen molar-refractivity contribution in [3.63, 3.8) is 0 Å². The summed E-state index contributed by atoms with van der Waals surface area (Å²) < 4.78 is 26.2. The van der Waals surface area contributed by atoms with Crippen molar-refractivity contribution in [3.8, 4) is 0 Å². The fourth-order valence-electron chi connectivity index (χ4n) is 2.49. The molecule has 1 rings (SSSR count). The molecule has 1 saturated carbocycles. The van der Waals surface area contributed by atoms with E-state index in [9.17, 15) is 8.42 Å². The van der Waals surface area contributed by atoms with Gasteiger partial charge in [0.1, 0.15) is 0 Å². The third-order valence-electron chi connectivity index (χ3n) is 3.35. The lowest BCUT2D eigenvalue weighted by Crippen LogP contribution is -2.44. The summed E-state index contributed by atoms with van der Waals surface area (Å²) in [6.45, 7) is 4.33. The fourth-order valence-corrected chi connectivity index (χ4v) is 4.18. The van der Waals surface area contributed by atoms with Gasteiger partial charge >= 0.3 is 0 Å². The van der Waals surface area contributed by atoms with E-state index in [1.807, 2.05) is 0 Å². The fraction of sp³-hybridized carbons (Fsp3) is 1.00. The molecule has 3 nitrogen and oxygen atoms in total. The second-order valence-corrected chi connectivity index (χ2v) is 7.18. The molecule has 1 aliphatic rings. The van der Waals surface area contributed by atoms with E-state index >= 15 is 0 Å². The van der Waals surface area contributed by atoms with E-state index in [0.29, 0.717) is 11.8 Å². The van der Waals surface area contributed by atoms with E-state index in [1.54, 1.807) is 0 Å². The minimum Gasteiger partial charge on any atom is -0.212 e. The van der Waals surface area contributed by atoms with Gasteiger partial charge in [0, 0.05) is 11.9 Å². The molecule has 5 heteroatoms. The lowest BCUT2D eigenvalue weighted by atomic mass is 9.78. The molecular formula is C11H22ClNO2S. The molecular weight excluding hydrogens is 246 g/mol. The lowest BCUT2D eigenvalue weighted by molar-refractivity contribution is 0.226. The molecule has 0 radical (unpaired) electrons. The van der Waals surface area contributed by atoms with E-state index in [4.69, 9.17) is 11.6 Å². The van der Waals surface area contributed by atoms with Crippen LogP contribution in [0, 0.1) is 11.8 Å². The van der Waals surface area contributed by atoms with Gasteiger partial charge in [-0.05, 0) is 24.7 Å². The van der Waals surface area contributed by atoms with Crippen molar-refractivity contribution in [2.45, 2.75) is 45.6 Å². The average Bonchev–Trinajstić information content (AvgIpc) is 2.17. The quantitative estimate of drug-likeness (QED) is 0.778. The SMILES string of the molecule is CC(C)C1CCCCC1NS(=O)(=O)CCCl. The Bertz CT molecular complexity index is 303. The molecule has 0 amide bonds. The highest BCUT2D eigenvalue weighted by molar-refractivity contribution is 7.89. The Morgan fingerprint density at radius 1 is 1.31 bits per heavy atom. The maximum absolute atomic E-state index is 11.7. The molecule has 0 spiro atoms. The molecule has 0 aromatic carbocycles. The van der Waals surface area contributed by atoms with Gasteiger partial charge in [-0.2, -0.15) is 0 Å². The summed E-state index contributed by atoms with van der Waals surface area (Å²) in [7, 11) is -3.18. The van der Waals surface area contributed by atoms with Gasteiger partial charge in [0.15, 0.2) is 0 Å². The highest BCUT2D eigenvalue weighted by Gasteiger charge is 2.30. The van der Waals surface area contributed by atoms with Gasteiger partial charge in [-0.25, -0.2) is 13.1 Å². The Morgan fingerprint density at radius 3 is 2.50 bits per heavy atom. The molecule has 0 aromatic heterocycles. The van der Waals surface area contributed by atoms with E-state index in [1.165, 1.54) is 6.42 Å². The van der Waals surface area contributed by atoms with Crippen LogP contribution in [0.5, 0.6) is 0 Å². The number of halogens is 1. The average molecular weight is 268 g/mol. The summed E-state index contributed by atoms with van der Waals surface area (Å²) in [5, 5.41) is 0. The van der Waals surface area contributed by atoms with Gasteiger partial charge in [-0.1, -0.05) is 26.7 Å². The van der Waals surface area contributed by atoms with E-state index < -0.39 is 10.0 Å². The minimum atomic E-state index is -3.18. The zero-order chi connectivity index (χ0) is 12.2. The van der Waals surface area contributed by atoms with E-state index in [0.717, 1.165) is 19.3 Å². The normalized spacial score (nSPS) is 27.2. The standard InChI is InChI=1S/C11H22ClNO2S/c1-9(2)10-5-3-4-6-11(10)13-16(14,15)8-7-12/h9-11,13H,3-8H2,1-2H3. The summed E-state index contributed by atoms with van der Waals surface area (Å²) in [6, 6.07) is 0.113. The predicted molar refractivity (Wildman–Crippen MR) is 68.2 cm³/mol. The van der Waals surface area contributed by atoms with E-state index in [2.05, 4.69) is 18.6 Å². The van der Waals surface area contributed by atoms with Crippen LogP contribution in [0.15, 0.2) is 0 Å². The summed E-state index contributed by atoms with van der Waals surface area (Å²) in [6.07, 6.45) is 4.43. The van der Waals surface area contributed by atoms with Crippen LogP contribution in [0.3, 0.4) is 0 Å². The zero-order valence-corrected chi connectivity index (χ0v) is 11.6. The number of hydrogen-bond donors (Lipinski definition) is 1. The highest BCUT2D eigenvalue weighted by Crippen LogP contribution is 2.30. The molecule has 0 aliphatic heterocycles. The lowest BCUT2D eigenvalue weighted by Gasteiger charge is -2.34. The molecule has 2 unspecified atom stereocenters. The first-order valence-corrected chi connectivity index (χ1v) is 8.21. The predicted octanol–water partition coefficient (Wildman–Crippen LogP) is 2.36. The third kappa shape index (κ3) is 4.22. The van der Waals surface area contributed by atoms with Crippen molar-refractivity contribution >= 4 is 21.6 Å². The first-order chi connectivity index (χ1) is 7.46. The second kappa shape index (κ2) is 6.22. The largest absolute Gasteiger partial charge is 0.213 e. The van der Waals surface area contributed by atoms with Crippen LogP contribution < -0.4 is 4.72 Å². The third-order valence-corrected chi connectivity index (χ3v) is 5.17. The number of alkyl halides is 1. The van der Waals surface area contributed by atoms with Crippen LogP contribution >= 0.6 is 11.6 Å². The van der Waals surface area contributed by atoms with Gasteiger partial charge in [0.25, 0.3) is 0 Å². The first-order valence-electron chi connectivity index (χ1n) is 6.02. The van der Waals surface area contributed by atoms with Crippen LogP contribution in [0.4, 0.5) is 0 Å². The number of rotatable bonds is 5. The monoisotopic (exact) mass is 267 g/mol. The number of hydrogen-bond acceptors (Lipinski definition) is 2. The summed E-state index contributed by atoms with van der Waals surface area (Å²) >= 11 is 5.48. The van der Waals surface area contributed by atoms with Crippen LogP contribution in [0.25, 0.3) is 0 Å². The molecule has 1 aliphatic carbocycles. The van der Waals surface area contributed by atoms with Gasteiger partial charge in [-0.3, -0.25) is 0 Å². The topological polar surface area (TPSA) is 46.2 Å². The maximum atomic E-state index is 11.7. The van der Waals surface area contributed by atoms with Gasteiger partial charge in [0.2, 0.25) is 10.0 Å². The summed E-state index contributed by atoms with van der Waals surface area (Å²) in [4.78, 5) is 0. The van der Waals surface area contributed by atoms with Gasteiger partial charge in [0.05, 0.1) is 5.75 Å². The molecule has 0 heterocycles. The number of sulfonamides is 1. The van der Waals surface area contributed by atoms with Gasteiger partial charge in [-0.15, -0.1) is 11.6 Å². The Labute approximate surface area is 104 Å². The molecule has 0 bridgehead atoms. The first kappa shape index (κ1) is 14.3. The van der Waals surface area contributed by atoms with Crippen molar-refractivity contribution in [2.24, 2.45) is 11.8 Å². The van der Waals surface area contributed by atoms with Crippen molar-refractivity contribution in [2.75, 3.05) is 11.6 Å². The van der Waals surface area contributed by atoms with Crippen LogP contribution in [-0.4, -0.2) is 26.1 Å². The Morgan fingerprint density at radius 2 is 1.94 bits per heavy atom. The van der Waals surface area contributed by atoms with Crippen molar-refractivity contribution in [1.29, 1.82) is 0 Å². The molecule has 0 saturated heterocycles. The summed E-state index contributed by atoms with van der Waals surface area (Å²) in [5.41, 5.74) is 0. The van der Waals surface area contributed by atoms with Crippen LogP contribution in [-0.2, 0) is 10.0 Å². The van der Waals surface area contributed by atoms with Crippen molar-refractivity contribution in [3.05, 3.63) is 0 Å². The second-order valence-electron chi connectivity index (χ2n) is 4.92. The molecule has 1 N–H and O–H groups in total. The zero-order valence-electron chi connectivity index (χ0n) is 10.1. The summed E-state index contributed by atoms with van der Waals surface area (Å²) in [5.74, 6) is 1.19. The smallest absolute Gasteiger partial charge is 0.212 e. The molecule has 1 fully saturated rings. The highest BCUT2D eigenvalue weighted by atomic mass is 35.5. The Balaban J connectivity index is 2.63. The van der Waals surface area contributed by atoms with Crippen LogP contribution in [0.2, 0.25) is 0 Å². The molecule has 2 atom stereocenters. The van der Waals surface area contributed by atoms with Crippen molar-refractivity contribution in [1.82, 2.24) is 4.72 Å². The minimum absolute atomic E-state index is 0.0237. The molecule has 16 heavy (non-hydrogen) atoms. The molecule has 0 aromatic rings. The molecule has 96 valence electrons. The Kier molecular flexibility index (Phi) is 5.54.